The van der Waals surface area contributed by atoms with E-state index in [9.17, 15) is 4.79 Å². The molecule has 0 radical (unpaired) electrons. The smallest absolute Gasteiger partial charge is 0.339 e. The molecule has 1 aromatic heterocycles. The first kappa shape index (κ1) is 11.1. The first-order valence-corrected chi connectivity index (χ1v) is 4.85. The van der Waals surface area contributed by atoms with Crippen LogP contribution in [0.25, 0.3) is 5.69 Å². The molecule has 0 unspecified atom stereocenters. The molecule has 2 rings (SSSR count). The molecule has 0 fully saturated rings. The molecule has 0 bridgehead atoms. The second-order valence-corrected chi connectivity index (χ2v) is 3.47. The molecule has 7 heteroatoms. The molecule has 1 N–H and O–H groups in total. The lowest BCUT2D eigenvalue weighted by atomic mass is 10.2. The average molecular weight is 249 g/mol. The van der Waals surface area contributed by atoms with Gasteiger partial charge in [0, 0.05) is 0 Å². The highest BCUT2D eigenvalue weighted by atomic mass is 35.5. The Bertz CT molecular complexity index is 629. The van der Waals surface area contributed by atoms with Crippen molar-refractivity contribution in [1.82, 2.24) is 14.8 Å². The molecule has 0 saturated heterocycles. The van der Waals surface area contributed by atoms with Crippen LogP contribution >= 0.6 is 11.6 Å². The summed E-state index contributed by atoms with van der Waals surface area (Å²) < 4.78 is 1.20. The van der Waals surface area contributed by atoms with E-state index in [1.54, 1.807) is 12.1 Å². The number of halogens is 1. The van der Waals surface area contributed by atoms with Crippen LogP contribution in [0.3, 0.4) is 0 Å². The van der Waals surface area contributed by atoms with Crippen LogP contribution in [0.15, 0.2) is 24.5 Å². The molecule has 0 spiro atoms. The van der Waals surface area contributed by atoms with Gasteiger partial charge in [0.05, 0.1) is 10.7 Å². The van der Waals surface area contributed by atoms with Crippen molar-refractivity contribution in [3.63, 3.8) is 0 Å². The van der Waals surface area contributed by atoms with Crippen LogP contribution in [0.5, 0.6) is 0 Å². The molecule has 0 saturated carbocycles. The minimum absolute atomic E-state index is 0.0404. The van der Waals surface area contributed by atoms with E-state index in [0.717, 1.165) is 0 Å². The van der Waals surface area contributed by atoms with Crippen molar-refractivity contribution in [1.29, 1.82) is 5.26 Å². The standard InChI is InChI=1S/C10H5ClN4O2/c11-6-2-1-3-7(9(6)10(16)17)15-5-13-8(4-12)14-15/h1-3,5H,(H,16,17). The Balaban J connectivity index is 2.63. The van der Waals surface area contributed by atoms with Crippen LogP contribution in [0.2, 0.25) is 5.02 Å². The van der Waals surface area contributed by atoms with Crippen molar-refractivity contribution < 1.29 is 9.90 Å². The topological polar surface area (TPSA) is 91.8 Å². The number of hydrogen-bond donors (Lipinski definition) is 1. The van der Waals surface area contributed by atoms with Gasteiger partial charge in [-0.15, -0.1) is 5.10 Å². The number of aromatic nitrogens is 3. The van der Waals surface area contributed by atoms with Gasteiger partial charge >= 0.3 is 5.97 Å². The number of nitriles is 1. The van der Waals surface area contributed by atoms with Crippen molar-refractivity contribution in [2.24, 2.45) is 0 Å². The Morgan fingerprint density at radius 2 is 2.29 bits per heavy atom. The van der Waals surface area contributed by atoms with Crippen LogP contribution in [-0.2, 0) is 0 Å². The van der Waals surface area contributed by atoms with Crippen molar-refractivity contribution in [2.75, 3.05) is 0 Å². The molecule has 1 aromatic carbocycles. The summed E-state index contributed by atoms with van der Waals surface area (Å²) in [5, 5.41) is 21.6. The van der Waals surface area contributed by atoms with Gasteiger partial charge in [0.15, 0.2) is 0 Å². The molecule has 0 aliphatic carbocycles. The van der Waals surface area contributed by atoms with Gasteiger partial charge in [-0.1, -0.05) is 17.7 Å². The third kappa shape index (κ3) is 1.96. The summed E-state index contributed by atoms with van der Waals surface area (Å²) in [6, 6.07) is 6.35. The van der Waals surface area contributed by atoms with Crippen LogP contribution < -0.4 is 0 Å². The predicted octanol–water partition coefficient (Wildman–Crippen LogP) is 1.49. The summed E-state index contributed by atoms with van der Waals surface area (Å²) in [6.07, 6.45) is 1.26. The molecular formula is C10H5ClN4O2. The number of nitrogens with zero attached hydrogens (tertiary/aromatic N) is 4. The van der Waals surface area contributed by atoms with Crippen LogP contribution in [0.4, 0.5) is 0 Å². The van der Waals surface area contributed by atoms with E-state index in [4.69, 9.17) is 22.0 Å². The molecule has 17 heavy (non-hydrogen) atoms. The fourth-order valence-electron chi connectivity index (χ4n) is 1.35. The number of benzene rings is 1. The molecule has 0 amide bonds. The van der Waals surface area contributed by atoms with E-state index in [1.165, 1.54) is 23.1 Å². The maximum atomic E-state index is 11.1. The first-order valence-electron chi connectivity index (χ1n) is 4.47. The fourth-order valence-corrected chi connectivity index (χ4v) is 1.60. The molecule has 0 aliphatic rings. The second kappa shape index (κ2) is 4.23. The third-order valence-corrected chi connectivity index (χ3v) is 2.36. The van der Waals surface area contributed by atoms with Crippen molar-refractivity contribution >= 4 is 17.6 Å². The van der Waals surface area contributed by atoms with Crippen LogP contribution in [-0.4, -0.2) is 25.8 Å². The Labute approximate surface area is 101 Å². The van der Waals surface area contributed by atoms with Gasteiger partial charge in [0.2, 0.25) is 0 Å². The van der Waals surface area contributed by atoms with E-state index in [1.807, 2.05) is 0 Å². The van der Waals surface area contributed by atoms with E-state index >= 15 is 0 Å². The van der Waals surface area contributed by atoms with E-state index < -0.39 is 5.97 Å². The molecule has 2 aromatic rings. The maximum absolute atomic E-state index is 11.1. The Kier molecular flexibility index (Phi) is 2.77. The number of hydrogen-bond acceptors (Lipinski definition) is 4. The number of rotatable bonds is 2. The van der Waals surface area contributed by atoms with Gasteiger partial charge < -0.3 is 5.11 Å². The SMILES string of the molecule is N#Cc1ncn(-c2cccc(Cl)c2C(=O)O)n1. The Morgan fingerprint density at radius 1 is 1.53 bits per heavy atom. The highest BCUT2D eigenvalue weighted by Gasteiger charge is 2.16. The lowest BCUT2D eigenvalue weighted by molar-refractivity contribution is 0.0697. The highest BCUT2D eigenvalue weighted by molar-refractivity contribution is 6.34. The predicted molar refractivity (Wildman–Crippen MR) is 58.0 cm³/mol. The number of aromatic carboxylic acids is 1. The van der Waals surface area contributed by atoms with Gasteiger partial charge in [0.25, 0.3) is 5.82 Å². The third-order valence-electron chi connectivity index (χ3n) is 2.04. The van der Waals surface area contributed by atoms with E-state index in [-0.39, 0.29) is 22.1 Å². The molecule has 0 aliphatic heterocycles. The lowest BCUT2D eigenvalue weighted by Crippen LogP contribution is -2.06. The maximum Gasteiger partial charge on any atom is 0.339 e. The van der Waals surface area contributed by atoms with Gasteiger partial charge in [-0.2, -0.15) is 5.26 Å². The highest BCUT2D eigenvalue weighted by Crippen LogP contribution is 2.22. The number of carboxylic acids is 1. The average Bonchev–Trinajstić information content (AvgIpc) is 2.76. The second-order valence-electron chi connectivity index (χ2n) is 3.06. The minimum Gasteiger partial charge on any atom is -0.478 e. The zero-order valence-corrected chi connectivity index (χ0v) is 9.09. The Hall–Kier alpha value is -2.39. The molecular weight excluding hydrogens is 244 g/mol. The zero-order chi connectivity index (χ0) is 12.4. The summed E-state index contributed by atoms with van der Waals surface area (Å²) in [4.78, 5) is 14.8. The van der Waals surface area contributed by atoms with Gasteiger partial charge in [-0.25, -0.2) is 14.5 Å². The summed E-state index contributed by atoms with van der Waals surface area (Å²) in [5.74, 6) is -1.21. The molecule has 84 valence electrons. The first-order chi connectivity index (χ1) is 8.13. The van der Waals surface area contributed by atoms with Gasteiger partial charge in [-0.05, 0) is 12.1 Å². The zero-order valence-electron chi connectivity index (χ0n) is 8.33. The lowest BCUT2D eigenvalue weighted by Gasteiger charge is -2.06. The minimum atomic E-state index is -1.17. The van der Waals surface area contributed by atoms with Crippen molar-refractivity contribution in [3.05, 3.63) is 40.9 Å². The van der Waals surface area contributed by atoms with Crippen LogP contribution in [0.1, 0.15) is 16.2 Å². The normalized spacial score (nSPS) is 9.88. The summed E-state index contributed by atoms with van der Waals surface area (Å²) in [5.41, 5.74) is 0.183. The monoisotopic (exact) mass is 248 g/mol. The Morgan fingerprint density at radius 3 is 2.88 bits per heavy atom. The van der Waals surface area contributed by atoms with Crippen molar-refractivity contribution in [3.8, 4) is 11.8 Å². The molecule has 1 heterocycles. The molecule has 6 nitrogen and oxygen atoms in total. The summed E-state index contributed by atoms with van der Waals surface area (Å²) >= 11 is 5.81. The van der Waals surface area contributed by atoms with Gasteiger partial charge in [-0.3, -0.25) is 0 Å². The number of carbonyl (C=O) groups is 1. The quantitative estimate of drug-likeness (QED) is 0.869. The van der Waals surface area contributed by atoms with Crippen molar-refractivity contribution in [2.45, 2.75) is 0 Å². The summed E-state index contributed by atoms with van der Waals surface area (Å²) in [7, 11) is 0. The molecule has 0 atom stereocenters. The fraction of sp³-hybridized carbons (Fsp3) is 0. The summed E-state index contributed by atoms with van der Waals surface area (Å²) in [6.45, 7) is 0. The van der Waals surface area contributed by atoms with E-state index in [2.05, 4.69) is 10.1 Å². The largest absolute Gasteiger partial charge is 0.478 e. The van der Waals surface area contributed by atoms with Crippen LogP contribution in [0, 0.1) is 11.3 Å². The number of carboxylic acid groups (broad SMARTS) is 1. The van der Waals surface area contributed by atoms with E-state index in [0.29, 0.717) is 0 Å². The van der Waals surface area contributed by atoms with Gasteiger partial charge in [0.1, 0.15) is 18.0 Å².